The maximum absolute atomic E-state index is 13.9. The molecule has 29 heavy (non-hydrogen) atoms. The fraction of sp³-hybridized carbons (Fsp3) is 0.105. The third kappa shape index (κ3) is 2.60. The summed E-state index contributed by atoms with van der Waals surface area (Å²) in [6, 6.07) is 6.61. The van der Waals surface area contributed by atoms with Gasteiger partial charge in [0.1, 0.15) is 24.2 Å². The van der Waals surface area contributed by atoms with Crippen LogP contribution in [0.1, 0.15) is 17.1 Å². The van der Waals surface area contributed by atoms with Gasteiger partial charge < -0.3 is 4.52 Å². The van der Waals surface area contributed by atoms with Crippen LogP contribution in [0.5, 0.6) is 0 Å². The molecule has 0 unspecified atom stereocenters. The lowest BCUT2D eigenvalue weighted by atomic mass is 10.1. The molecule has 1 aliphatic rings. The van der Waals surface area contributed by atoms with Crippen LogP contribution in [0.15, 0.2) is 52.2 Å². The number of hydrogen-bond acceptors (Lipinski definition) is 7. The van der Waals surface area contributed by atoms with Gasteiger partial charge in [0.2, 0.25) is 11.7 Å². The maximum atomic E-state index is 13.9. The van der Waals surface area contributed by atoms with E-state index in [0.717, 1.165) is 16.9 Å². The molecule has 5 heterocycles. The second-order valence-electron chi connectivity index (χ2n) is 6.63. The smallest absolute Gasteiger partial charge is 0.231 e. The van der Waals surface area contributed by atoms with Crippen LogP contribution in [0, 0.1) is 5.82 Å². The van der Waals surface area contributed by atoms with E-state index in [1.54, 1.807) is 28.4 Å². The van der Waals surface area contributed by atoms with Gasteiger partial charge in [-0.05, 0) is 40.6 Å². The highest BCUT2D eigenvalue weighted by molar-refractivity contribution is 7.07. The molecule has 4 aromatic heterocycles. The number of thiophene rings is 1. The largest absolute Gasteiger partial charge is 0.339 e. The Morgan fingerprint density at radius 2 is 2.17 bits per heavy atom. The summed E-state index contributed by atoms with van der Waals surface area (Å²) in [5.41, 5.74) is 3.97. The Kier molecular flexibility index (Phi) is 3.47. The van der Waals surface area contributed by atoms with E-state index in [9.17, 15) is 4.39 Å². The van der Waals surface area contributed by atoms with Crippen molar-refractivity contribution in [3.63, 3.8) is 0 Å². The molecule has 0 radical (unpaired) electrons. The van der Waals surface area contributed by atoms with Crippen LogP contribution < -0.4 is 0 Å². The van der Waals surface area contributed by atoms with Crippen LogP contribution in [-0.2, 0) is 13.0 Å². The van der Waals surface area contributed by atoms with Gasteiger partial charge >= 0.3 is 0 Å². The van der Waals surface area contributed by atoms with Crippen LogP contribution in [0.3, 0.4) is 0 Å². The maximum Gasteiger partial charge on any atom is 0.231 e. The van der Waals surface area contributed by atoms with E-state index in [4.69, 9.17) is 4.52 Å². The Morgan fingerprint density at radius 1 is 1.21 bits per heavy atom. The van der Waals surface area contributed by atoms with Crippen molar-refractivity contribution < 1.29 is 8.91 Å². The van der Waals surface area contributed by atoms with Gasteiger partial charge in [-0.2, -0.15) is 21.4 Å². The second kappa shape index (κ2) is 6.17. The molecule has 0 spiro atoms. The molecule has 8 nitrogen and oxygen atoms in total. The van der Waals surface area contributed by atoms with E-state index in [-0.39, 0.29) is 5.82 Å². The summed E-state index contributed by atoms with van der Waals surface area (Å²) in [6.45, 7) is 0.398. The van der Waals surface area contributed by atoms with Gasteiger partial charge in [0, 0.05) is 5.56 Å². The molecule has 1 aromatic carbocycles. The molecule has 1 aliphatic heterocycles. The number of benzene rings is 1. The highest BCUT2D eigenvalue weighted by atomic mass is 32.1. The first-order valence-electron chi connectivity index (χ1n) is 8.84. The zero-order chi connectivity index (χ0) is 19.4. The van der Waals surface area contributed by atoms with Gasteiger partial charge in [0.15, 0.2) is 5.82 Å². The summed E-state index contributed by atoms with van der Waals surface area (Å²) in [4.78, 5) is 13.4. The number of aromatic nitrogens is 7. The first kappa shape index (κ1) is 16.3. The molecule has 0 saturated carbocycles. The molecular formula is C19H12FN7OS. The van der Waals surface area contributed by atoms with Gasteiger partial charge in [-0.15, -0.1) is 0 Å². The Hall–Kier alpha value is -3.66. The van der Waals surface area contributed by atoms with Crippen LogP contribution >= 0.6 is 11.3 Å². The fourth-order valence-electron chi connectivity index (χ4n) is 3.54. The zero-order valence-electron chi connectivity index (χ0n) is 14.9. The molecule has 0 N–H and O–H groups in total. The lowest BCUT2D eigenvalue weighted by Crippen LogP contribution is -2.06. The van der Waals surface area contributed by atoms with Crippen molar-refractivity contribution in [2.24, 2.45) is 0 Å². The Balaban J connectivity index is 1.47. The predicted molar refractivity (Wildman–Crippen MR) is 102 cm³/mol. The lowest BCUT2D eigenvalue weighted by molar-refractivity contribution is 0.385. The predicted octanol–water partition coefficient (Wildman–Crippen LogP) is 3.33. The quantitative estimate of drug-likeness (QED) is 0.449. The van der Waals surface area contributed by atoms with E-state index in [1.807, 2.05) is 16.0 Å². The van der Waals surface area contributed by atoms with E-state index in [0.29, 0.717) is 41.8 Å². The third-order valence-corrected chi connectivity index (χ3v) is 5.59. The van der Waals surface area contributed by atoms with E-state index < -0.39 is 0 Å². The van der Waals surface area contributed by atoms with E-state index >= 15 is 0 Å². The normalized spacial score (nSPS) is 12.3. The Bertz CT molecular complexity index is 1330. The summed E-state index contributed by atoms with van der Waals surface area (Å²) < 4.78 is 23.0. The number of rotatable bonds is 3. The van der Waals surface area contributed by atoms with Gasteiger partial charge in [-0.1, -0.05) is 5.16 Å². The highest BCUT2D eigenvalue weighted by Crippen LogP contribution is 2.33. The minimum absolute atomic E-state index is 0.335. The second-order valence-corrected chi connectivity index (χ2v) is 7.41. The summed E-state index contributed by atoms with van der Waals surface area (Å²) in [5.74, 6) is 1.20. The molecule has 10 heteroatoms. The van der Waals surface area contributed by atoms with E-state index in [2.05, 4.69) is 30.6 Å². The van der Waals surface area contributed by atoms with Crippen LogP contribution in [0.2, 0.25) is 0 Å². The van der Waals surface area contributed by atoms with Crippen molar-refractivity contribution in [2.45, 2.75) is 13.0 Å². The van der Waals surface area contributed by atoms with Gasteiger partial charge in [-0.25, -0.2) is 19.0 Å². The first-order chi connectivity index (χ1) is 14.3. The minimum Gasteiger partial charge on any atom is -0.339 e. The van der Waals surface area contributed by atoms with Crippen molar-refractivity contribution in [2.75, 3.05) is 0 Å². The molecule has 6 rings (SSSR count). The van der Waals surface area contributed by atoms with Crippen molar-refractivity contribution in [3.05, 3.63) is 70.6 Å². The fourth-order valence-corrected chi connectivity index (χ4v) is 4.21. The average Bonchev–Trinajstić information content (AvgIpc) is 3.50. The monoisotopic (exact) mass is 405 g/mol. The number of hydrogen-bond donors (Lipinski definition) is 0. The lowest BCUT2D eigenvalue weighted by Gasteiger charge is -2.08. The van der Waals surface area contributed by atoms with Gasteiger partial charge in [0.05, 0.1) is 24.3 Å². The summed E-state index contributed by atoms with van der Waals surface area (Å²) in [5, 5.41) is 12.5. The van der Waals surface area contributed by atoms with Crippen LogP contribution in [0.25, 0.3) is 28.6 Å². The van der Waals surface area contributed by atoms with Crippen molar-refractivity contribution in [1.29, 1.82) is 0 Å². The summed E-state index contributed by atoms with van der Waals surface area (Å²) in [6.07, 6.45) is 3.72. The average molecular weight is 405 g/mol. The molecule has 0 amide bonds. The van der Waals surface area contributed by atoms with Crippen molar-refractivity contribution in [3.8, 4) is 28.6 Å². The summed E-state index contributed by atoms with van der Waals surface area (Å²) >= 11 is 1.63. The van der Waals surface area contributed by atoms with E-state index in [1.165, 1.54) is 18.5 Å². The molecule has 0 aliphatic carbocycles. The van der Waals surface area contributed by atoms with Crippen molar-refractivity contribution >= 4 is 11.3 Å². The van der Waals surface area contributed by atoms with Gasteiger partial charge in [-0.3, -0.25) is 4.57 Å². The molecular weight excluding hydrogens is 393 g/mol. The topological polar surface area (TPSA) is 87.4 Å². The Labute approximate surface area is 167 Å². The Morgan fingerprint density at radius 3 is 3.07 bits per heavy atom. The standard InChI is InChI=1S/C19H12FN7OS/c20-12-1-2-14-13(6-12)19-21-9-23-27(19)7-15-17(22-10-26(14)15)18-24-16(28-25-18)5-11-3-4-29-8-11/h1-4,6,8-10H,5,7H2. The van der Waals surface area contributed by atoms with Crippen LogP contribution in [0.4, 0.5) is 4.39 Å². The minimum atomic E-state index is -0.335. The number of halogens is 1. The molecule has 0 bridgehead atoms. The molecule has 0 atom stereocenters. The number of fused-ring (bicyclic) bond motifs is 5. The first-order valence-corrected chi connectivity index (χ1v) is 9.79. The van der Waals surface area contributed by atoms with Crippen LogP contribution in [-0.4, -0.2) is 34.5 Å². The number of nitrogens with zero attached hydrogens (tertiary/aromatic N) is 7. The summed E-state index contributed by atoms with van der Waals surface area (Å²) in [7, 11) is 0. The number of imidazole rings is 1. The molecule has 0 saturated heterocycles. The highest BCUT2D eigenvalue weighted by Gasteiger charge is 2.26. The van der Waals surface area contributed by atoms with Gasteiger partial charge in [0.25, 0.3) is 0 Å². The molecule has 142 valence electrons. The zero-order valence-corrected chi connectivity index (χ0v) is 15.7. The van der Waals surface area contributed by atoms with Crippen molar-refractivity contribution in [1.82, 2.24) is 34.5 Å². The molecule has 0 fully saturated rings. The SMILES string of the molecule is Fc1ccc2c(c1)-c1ncnn1Cc1c(-c3noc(Cc4ccsc4)n3)ncn1-2. The third-order valence-electron chi connectivity index (χ3n) is 4.86. The molecule has 5 aromatic rings.